The lowest BCUT2D eigenvalue weighted by molar-refractivity contribution is -0.138. The van der Waals surface area contributed by atoms with Gasteiger partial charge in [0.05, 0.1) is 6.61 Å². The number of carboxylic acids is 1. The van der Waals surface area contributed by atoms with E-state index in [4.69, 9.17) is 15.6 Å². The van der Waals surface area contributed by atoms with Gasteiger partial charge in [0.2, 0.25) is 0 Å². The van der Waals surface area contributed by atoms with E-state index >= 15 is 0 Å². The smallest absolute Gasteiger partial charge is 0.321 e. The lowest BCUT2D eigenvalue weighted by Crippen LogP contribution is -2.49. The highest BCUT2D eigenvalue weighted by molar-refractivity contribution is 7.87. The summed E-state index contributed by atoms with van der Waals surface area (Å²) in [7, 11) is -1.05. The second kappa shape index (κ2) is 6.76. The molecule has 0 aromatic heterocycles. The average Bonchev–Trinajstić information content (AvgIpc) is 2.23. The number of nitrogens with one attached hydrogen (secondary N) is 1. The summed E-state index contributed by atoms with van der Waals surface area (Å²) in [6, 6.07) is -1.26. The zero-order valence-electron chi connectivity index (χ0n) is 9.21. The third-order valence-corrected chi connectivity index (χ3v) is 3.39. The molecule has 0 amide bonds. The molecule has 0 spiro atoms. The summed E-state index contributed by atoms with van der Waals surface area (Å²) >= 11 is 0. The fourth-order valence-electron chi connectivity index (χ4n) is 0.929. The molecule has 0 aliphatic carbocycles. The zero-order chi connectivity index (χ0) is 12.8. The third-order valence-electron chi connectivity index (χ3n) is 1.86. The second-order valence-electron chi connectivity index (χ2n) is 3.00. The molecule has 1 atom stereocenters. The summed E-state index contributed by atoms with van der Waals surface area (Å²) in [5.41, 5.74) is 5.27. The largest absolute Gasteiger partial charge is 0.480 e. The van der Waals surface area contributed by atoms with E-state index in [2.05, 4.69) is 4.72 Å². The minimum atomic E-state index is -3.70. The summed E-state index contributed by atoms with van der Waals surface area (Å²) in [6.07, 6.45) is 0. The number of methoxy groups -OCH3 is 1. The molecule has 16 heavy (non-hydrogen) atoms. The van der Waals surface area contributed by atoms with E-state index in [1.165, 1.54) is 14.2 Å². The van der Waals surface area contributed by atoms with Gasteiger partial charge in [0.1, 0.15) is 6.04 Å². The monoisotopic (exact) mass is 255 g/mol. The summed E-state index contributed by atoms with van der Waals surface area (Å²) in [5.74, 6) is -1.26. The Balaban J connectivity index is 4.62. The van der Waals surface area contributed by atoms with Gasteiger partial charge in [-0.1, -0.05) is 0 Å². The van der Waals surface area contributed by atoms with Crippen LogP contribution in [0.2, 0.25) is 0 Å². The summed E-state index contributed by atoms with van der Waals surface area (Å²) in [4.78, 5) is 10.5. The number of hydrogen-bond acceptors (Lipinski definition) is 5. The molecule has 0 bridgehead atoms. The van der Waals surface area contributed by atoms with E-state index in [0.29, 0.717) is 0 Å². The van der Waals surface area contributed by atoms with Crippen molar-refractivity contribution < 1.29 is 23.1 Å². The maximum Gasteiger partial charge on any atom is 0.321 e. The maximum absolute atomic E-state index is 11.5. The number of rotatable bonds is 8. The van der Waals surface area contributed by atoms with E-state index in [-0.39, 0.29) is 19.7 Å². The van der Waals surface area contributed by atoms with Crippen LogP contribution in [0.3, 0.4) is 0 Å². The highest BCUT2D eigenvalue weighted by atomic mass is 32.2. The van der Waals surface area contributed by atoms with E-state index in [0.717, 1.165) is 4.31 Å². The minimum absolute atomic E-state index is 0.0423. The Labute approximate surface area is 94.5 Å². The lowest BCUT2D eigenvalue weighted by atomic mass is 10.3. The summed E-state index contributed by atoms with van der Waals surface area (Å²) < 4.78 is 30.7. The van der Waals surface area contributed by atoms with Crippen LogP contribution in [0, 0.1) is 0 Å². The first-order chi connectivity index (χ1) is 7.35. The Kier molecular flexibility index (Phi) is 6.45. The molecule has 0 rings (SSSR count). The van der Waals surface area contributed by atoms with E-state index < -0.39 is 22.2 Å². The van der Waals surface area contributed by atoms with Crippen molar-refractivity contribution in [2.75, 3.05) is 33.9 Å². The molecule has 0 saturated carbocycles. The van der Waals surface area contributed by atoms with Crippen molar-refractivity contribution in [2.45, 2.75) is 6.04 Å². The van der Waals surface area contributed by atoms with Crippen molar-refractivity contribution in [3.05, 3.63) is 0 Å². The van der Waals surface area contributed by atoms with Gasteiger partial charge in [0.25, 0.3) is 10.2 Å². The molecule has 96 valence electrons. The zero-order valence-corrected chi connectivity index (χ0v) is 10.0. The first-order valence-electron chi connectivity index (χ1n) is 4.51. The van der Waals surface area contributed by atoms with Crippen molar-refractivity contribution in [1.82, 2.24) is 9.03 Å². The molecule has 0 aliphatic heterocycles. The summed E-state index contributed by atoms with van der Waals surface area (Å²) in [5, 5.41) is 8.60. The van der Waals surface area contributed by atoms with E-state index in [1.54, 1.807) is 0 Å². The number of aliphatic carboxylic acids is 1. The maximum atomic E-state index is 11.5. The van der Waals surface area contributed by atoms with Crippen LogP contribution in [0.5, 0.6) is 0 Å². The van der Waals surface area contributed by atoms with Crippen LogP contribution in [0.1, 0.15) is 0 Å². The predicted octanol–water partition coefficient (Wildman–Crippen LogP) is -2.19. The van der Waals surface area contributed by atoms with Crippen LogP contribution in [-0.4, -0.2) is 63.7 Å². The molecule has 4 N–H and O–H groups in total. The van der Waals surface area contributed by atoms with Gasteiger partial charge in [0, 0.05) is 27.2 Å². The minimum Gasteiger partial charge on any atom is -0.480 e. The van der Waals surface area contributed by atoms with Gasteiger partial charge < -0.3 is 15.6 Å². The molecule has 0 aromatic carbocycles. The topological polar surface area (TPSA) is 122 Å². The first kappa shape index (κ1) is 15.3. The molecule has 8 nitrogen and oxygen atoms in total. The van der Waals surface area contributed by atoms with Crippen LogP contribution in [0.15, 0.2) is 0 Å². The van der Waals surface area contributed by atoms with Gasteiger partial charge in [-0.25, -0.2) is 4.72 Å². The Morgan fingerprint density at radius 3 is 2.56 bits per heavy atom. The lowest BCUT2D eigenvalue weighted by Gasteiger charge is -2.22. The molecule has 0 aromatic rings. The first-order valence-corrected chi connectivity index (χ1v) is 5.95. The van der Waals surface area contributed by atoms with Gasteiger partial charge in [-0.3, -0.25) is 4.79 Å². The van der Waals surface area contributed by atoms with E-state index in [9.17, 15) is 13.2 Å². The highest BCUT2D eigenvalue weighted by Gasteiger charge is 2.25. The molecule has 0 unspecified atom stereocenters. The summed E-state index contributed by atoms with van der Waals surface area (Å²) in [6.45, 7) is -0.101. The Morgan fingerprint density at radius 1 is 1.62 bits per heavy atom. The number of carbonyl (C=O) groups is 1. The van der Waals surface area contributed by atoms with Crippen LogP contribution in [0.4, 0.5) is 0 Å². The fraction of sp³-hybridized carbons (Fsp3) is 0.857. The number of nitrogens with two attached hydrogens (primary N) is 1. The quantitative estimate of drug-likeness (QED) is 0.453. The van der Waals surface area contributed by atoms with Crippen molar-refractivity contribution in [3.63, 3.8) is 0 Å². The van der Waals surface area contributed by atoms with Gasteiger partial charge >= 0.3 is 5.97 Å². The molecule has 0 radical (unpaired) electrons. The highest BCUT2D eigenvalue weighted by Crippen LogP contribution is 1.99. The number of carboxylic acid groups (broad SMARTS) is 1. The van der Waals surface area contributed by atoms with Crippen LogP contribution >= 0.6 is 0 Å². The molecular weight excluding hydrogens is 238 g/mol. The Morgan fingerprint density at radius 2 is 2.19 bits per heavy atom. The van der Waals surface area contributed by atoms with Crippen LogP contribution in [0.25, 0.3) is 0 Å². The van der Waals surface area contributed by atoms with E-state index in [1.807, 2.05) is 0 Å². The van der Waals surface area contributed by atoms with Crippen molar-refractivity contribution in [2.24, 2.45) is 5.73 Å². The molecule has 0 fully saturated rings. The molecule has 9 heteroatoms. The number of nitrogens with zero attached hydrogens (tertiary/aromatic N) is 1. The SMILES string of the molecule is CNS(=O)(=O)N(CCOC)C[C@H](N)C(=O)O. The number of ether oxygens (including phenoxy) is 1. The van der Waals surface area contributed by atoms with Crippen molar-refractivity contribution in [1.29, 1.82) is 0 Å². The van der Waals surface area contributed by atoms with Gasteiger partial charge in [-0.2, -0.15) is 12.7 Å². The normalized spacial score (nSPS) is 14.0. The van der Waals surface area contributed by atoms with Crippen molar-refractivity contribution >= 4 is 16.2 Å². The molecule has 0 aliphatic rings. The number of hydrogen-bond donors (Lipinski definition) is 3. The van der Waals surface area contributed by atoms with Gasteiger partial charge in [-0.15, -0.1) is 0 Å². The van der Waals surface area contributed by atoms with Crippen molar-refractivity contribution in [3.8, 4) is 0 Å². The van der Waals surface area contributed by atoms with Gasteiger partial charge in [-0.05, 0) is 0 Å². The molecular formula is C7H17N3O5S. The van der Waals surface area contributed by atoms with Crippen LogP contribution in [-0.2, 0) is 19.7 Å². The Bertz CT molecular complexity index is 318. The predicted molar refractivity (Wildman–Crippen MR) is 57.0 cm³/mol. The average molecular weight is 255 g/mol. The fourth-order valence-corrected chi connectivity index (χ4v) is 1.86. The molecule has 0 heterocycles. The third kappa shape index (κ3) is 4.86. The standard InChI is InChI=1S/C7H17N3O5S/c1-9-16(13,14)10(3-4-15-2)5-6(8)7(11)12/h6,9H,3-5,8H2,1-2H3,(H,11,12)/t6-/m0/s1. The Hall–Kier alpha value is -0.740. The van der Waals surface area contributed by atoms with Gasteiger partial charge in [0.15, 0.2) is 0 Å². The van der Waals surface area contributed by atoms with Crippen LogP contribution < -0.4 is 10.5 Å². The second-order valence-corrected chi connectivity index (χ2v) is 4.88. The molecule has 0 saturated heterocycles.